The third-order valence-electron chi connectivity index (χ3n) is 22.7. The summed E-state index contributed by atoms with van der Waals surface area (Å²) in [5, 5.41) is 22.5. The van der Waals surface area contributed by atoms with Crippen LogP contribution in [0.25, 0.3) is 0 Å². The van der Waals surface area contributed by atoms with Crippen LogP contribution in [0.15, 0.2) is 48.5 Å². The highest BCUT2D eigenvalue weighted by Gasteiger charge is 2.81. The lowest BCUT2D eigenvalue weighted by Crippen LogP contribution is -2.77. The Bertz CT molecular complexity index is 1980. The molecule has 16 saturated carbocycles. The van der Waals surface area contributed by atoms with E-state index in [2.05, 4.69) is 24.3 Å². The first kappa shape index (κ1) is 35.0. The molecule has 0 spiro atoms. The largest absolute Gasteiger partial charge is 0.478 e. The lowest BCUT2D eigenvalue weighted by Gasteiger charge is -2.82. The zero-order chi connectivity index (χ0) is 38.6. The predicted molar refractivity (Wildman–Crippen MR) is 223 cm³/mol. The van der Waals surface area contributed by atoms with Crippen LogP contribution < -0.4 is 0 Å². The summed E-state index contributed by atoms with van der Waals surface area (Å²) in [5.41, 5.74) is 3.12. The van der Waals surface area contributed by atoms with Crippen molar-refractivity contribution >= 4 is 11.9 Å². The Hall–Kier alpha value is -2.62. The second-order valence-corrected chi connectivity index (χ2v) is 25.0. The van der Waals surface area contributed by atoms with Crippen molar-refractivity contribution in [2.24, 2.45) is 105 Å². The minimum absolute atomic E-state index is 0.112. The molecule has 2 N–H and O–H groups in total. The number of benzene rings is 2. The summed E-state index contributed by atoms with van der Waals surface area (Å²) in [6.45, 7) is 0. The molecule has 0 heterocycles. The van der Waals surface area contributed by atoms with Crippen LogP contribution >= 0.6 is 0 Å². The van der Waals surface area contributed by atoms with Crippen LogP contribution in [0.4, 0.5) is 0 Å². The average molecular weight is 779 g/mol. The smallest absolute Gasteiger partial charge is 0.335 e. The Labute approximate surface area is 346 Å². The molecule has 16 aliphatic carbocycles. The van der Waals surface area contributed by atoms with Gasteiger partial charge in [-0.1, -0.05) is 36.4 Å². The van der Waals surface area contributed by atoms with Crippen molar-refractivity contribution < 1.29 is 19.8 Å². The molecule has 4 heteroatoms. The molecule has 0 radical (unpaired) electrons. The molecule has 2 aromatic carbocycles. The van der Waals surface area contributed by atoms with Crippen molar-refractivity contribution in [2.75, 3.05) is 0 Å². The SMILES string of the molecule is O=C(O)c1ccccc1C1(c2ccccc2C(=O)O)C2CC3CC(C2)CC1(C12CC4CC(CC(C4)C1C14CC5CC(CC(C5)C1C15CC6CC(CC(C6)C1)C5)C4)C2)C3. The van der Waals surface area contributed by atoms with Crippen LogP contribution in [-0.2, 0) is 5.41 Å². The number of hydrogen-bond donors (Lipinski definition) is 2. The summed E-state index contributed by atoms with van der Waals surface area (Å²) in [6.07, 6.45) is 29.5. The maximum absolute atomic E-state index is 13.7. The Kier molecular flexibility index (Phi) is 6.91. The molecule has 18 rings (SSSR count). The van der Waals surface area contributed by atoms with E-state index in [-0.39, 0.29) is 16.7 Å². The molecule has 16 bridgehead atoms. The van der Waals surface area contributed by atoms with Gasteiger partial charge in [0, 0.05) is 5.41 Å². The summed E-state index contributed by atoms with van der Waals surface area (Å²) < 4.78 is 0. The van der Waals surface area contributed by atoms with Gasteiger partial charge in [-0.05, 0) is 263 Å². The number of aromatic carboxylic acids is 2. The van der Waals surface area contributed by atoms with E-state index in [4.69, 9.17) is 0 Å². The molecule has 58 heavy (non-hydrogen) atoms. The van der Waals surface area contributed by atoms with Gasteiger partial charge in [0.25, 0.3) is 0 Å². The summed E-state index contributed by atoms with van der Waals surface area (Å²) in [4.78, 5) is 27.5. The third-order valence-corrected chi connectivity index (χ3v) is 22.7. The quantitative estimate of drug-likeness (QED) is 0.294. The van der Waals surface area contributed by atoms with Gasteiger partial charge in [0.2, 0.25) is 0 Å². The molecule has 16 fully saturated rings. The fourth-order valence-electron chi connectivity index (χ4n) is 23.9. The number of hydrogen-bond acceptors (Lipinski definition) is 2. The molecule has 0 aromatic heterocycles. The van der Waals surface area contributed by atoms with E-state index in [9.17, 15) is 19.8 Å². The Morgan fingerprint density at radius 2 is 0.845 bits per heavy atom. The van der Waals surface area contributed by atoms with Gasteiger partial charge in [-0.2, -0.15) is 0 Å². The highest BCUT2D eigenvalue weighted by Crippen LogP contribution is 2.87. The summed E-state index contributed by atoms with van der Waals surface area (Å²) >= 11 is 0. The maximum atomic E-state index is 13.7. The van der Waals surface area contributed by atoms with Crippen LogP contribution in [0.3, 0.4) is 0 Å². The second-order valence-electron chi connectivity index (χ2n) is 25.0. The Morgan fingerprint density at radius 1 is 0.448 bits per heavy atom. The van der Waals surface area contributed by atoms with E-state index in [0.717, 1.165) is 83.1 Å². The number of carboxylic acid groups (broad SMARTS) is 2. The van der Waals surface area contributed by atoms with Crippen molar-refractivity contribution in [3.05, 3.63) is 70.8 Å². The molecule has 2 aromatic rings. The van der Waals surface area contributed by atoms with E-state index >= 15 is 0 Å². The van der Waals surface area contributed by atoms with Gasteiger partial charge in [0.1, 0.15) is 0 Å². The predicted octanol–water partition coefficient (Wildman–Crippen LogP) is 12.3. The van der Waals surface area contributed by atoms with Gasteiger partial charge >= 0.3 is 11.9 Å². The number of carboxylic acids is 2. The van der Waals surface area contributed by atoms with Gasteiger partial charge in [-0.25, -0.2) is 9.59 Å². The van der Waals surface area contributed by atoms with Gasteiger partial charge in [0.15, 0.2) is 0 Å². The van der Waals surface area contributed by atoms with E-state index in [1.807, 2.05) is 24.3 Å². The molecule has 16 aliphatic rings. The number of rotatable bonds is 7. The van der Waals surface area contributed by atoms with Crippen LogP contribution in [-0.4, -0.2) is 22.2 Å². The first-order chi connectivity index (χ1) is 28.1. The molecule has 8 unspecified atom stereocenters. The molecule has 306 valence electrons. The van der Waals surface area contributed by atoms with Gasteiger partial charge in [-0.15, -0.1) is 0 Å². The van der Waals surface area contributed by atoms with Crippen molar-refractivity contribution in [3.8, 4) is 0 Å². The van der Waals surface area contributed by atoms with Gasteiger partial charge in [0.05, 0.1) is 11.1 Å². The summed E-state index contributed by atoms with van der Waals surface area (Å²) in [7, 11) is 0. The highest BCUT2D eigenvalue weighted by atomic mass is 16.4. The molecule has 0 aliphatic heterocycles. The molecule has 4 nitrogen and oxygen atoms in total. The lowest BCUT2D eigenvalue weighted by atomic mass is 9.21. The summed E-state index contributed by atoms with van der Waals surface area (Å²) in [6, 6.07) is 16.3. The van der Waals surface area contributed by atoms with Crippen LogP contribution in [0.5, 0.6) is 0 Å². The fourth-order valence-corrected chi connectivity index (χ4v) is 23.9. The highest BCUT2D eigenvalue weighted by molar-refractivity contribution is 5.93. The molecule has 8 atom stereocenters. The summed E-state index contributed by atoms with van der Waals surface area (Å²) in [5.74, 6) is 9.49. The normalized spacial score (nSPS) is 52.8. The van der Waals surface area contributed by atoms with Gasteiger partial charge < -0.3 is 10.2 Å². The molecular weight excluding hydrogens is 713 g/mol. The van der Waals surface area contributed by atoms with Crippen molar-refractivity contribution in [1.82, 2.24) is 0 Å². The van der Waals surface area contributed by atoms with Crippen LogP contribution in [0.2, 0.25) is 0 Å². The zero-order valence-corrected chi connectivity index (χ0v) is 34.8. The van der Waals surface area contributed by atoms with Gasteiger partial charge in [-0.3, -0.25) is 0 Å². The van der Waals surface area contributed by atoms with Crippen molar-refractivity contribution in [3.63, 3.8) is 0 Å². The van der Waals surface area contributed by atoms with E-state index in [1.54, 1.807) is 0 Å². The first-order valence-electron chi connectivity index (χ1n) is 24.8. The standard InChI is InChI=1S/C54H66O4/c55-48(56)42-5-1-3-7-44(42)54(45-8-4-2-6-43(45)49(57)58)41-19-37-14-38(20-41)29-53(54,28-37)52-26-35-13-36(27-52)18-40(17-35)47(52)51-24-33-12-34(25-51)16-39(15-33)46(51)50-21-30-9-31(22-50)11-32(10-30)23-50/h1-8,30-41,46-47H,9-29H2,(H,55,56)(H,57,58). The van der Waals surface area contributed by atoms with Crippen molar-refractivity contribution in [2.45, 2.75) is 140 Å². The second kappa shape index (κ2) is 11.4. The lowest BCUT2D eigenvalue weighted by molar-refractivity contribution is -0.321. The third kappa shape index (κ3) is 4.13. The molecular formula is C54H66O4. The van der Waals surface area contributed by atoms with Crippen molar-refractivity contribution in [1.29, 1.82) is 0 Å². The Balaban J connectivity index is 1.06. The van der Waals surface area contributed by atoms with E-state index < -0.39 is 17.4 Å². The molecule has 0 amide bonds. The average Bonchev–Trinajstić information content (AvgIpc) is 3.16. The first-order valence-corrected chi connectivity index (χ1v) is 24.8. The zero-order valence-electron chi connectivity index (χ0n) is 34.8. The fraction of sp³-hybridized carbons (Fsp3) is 0.741. The minimum atomic E-state index is -0.836. The van der Waals surface area contributed by atoms with Crippen LogP contribution in [0, 0.1) is 105 Å². The Morgan fingerprint density at radius 3 is 1.31 bits per heavy atom. The topological polar surface area (TPSA) is 74.6 Å². The van der Waals surface area contributed by atoms with Crippen LogP contribution in [0.1, 0.15) is 167 Å². The monoisotopic (exact) mass is 778 g/mol. The number of carbonyl (C=O) groups is 2. The minimum Gasteiger partial charge on any atom is -0.478 e. The molecule has 0 saturated heterocycles. The van der Waals surface area contributed by atoms with E-state index in [0.29, 0.717) is 39.7 Å². The maximum Gasteiger partial charge on any atom is 0.335 e. The van der Waals surface area contributed by atoms with E-state index in [1.165, 1.54) is 122 Å².